The topological polar surface area (TPSA) is 54.9 Å². The van der Waals surface area contributed by atoms with Crippen LogP contribution in [0.25, 0.3) is 0 Å². The average Bonchev–Trinajstić information content (AvgIpc) is 2.90. The van der Waals surface area contributed by atoms with Gasteiger partial charge in [0.05, 0.1) is 26.4 Å². The van der Waals surface area contributed by atoms with Gasteiger partial charge in [-0.2, -0.15) is 11.8 Å². The number of rotatable bonds is 9. The number of methoxy groups -OCH3 is 1. The van der Waals surface area contributed by atoms with Gasteiger partial charge < -0.3 is 20.1 Å². The molecule has 0 amide bonds. The molecule has 0 heterocycles. The summed E-state index contributed by atoms with van der Waals surface area (Å²) in [5.41, 5.74) is 0. The van der Waals surface area contributed by atoms with Crippen molar-refractivity contribution in [1.29, 1.82) is 0 Å². The summed E-state index contributed by atoms with van der Waals surface area (Å²) in [6, 6.07) is 0.555. The van der Waals surface area contributed by atoms with Crippen LogP contribution in [0.4, 0.5) is 0 Å². The monoisotopic (exact) mass is 431 g/mol. The second-order valence-electron chi connectivity index (χ2n) is 4.88. The summed E-state index contributed by atoms with van der Waals surface area (Å²) >= 11 is 1.97. The van der Waals surface area contributed by atoms with Gasteiger partial charge in [0.2, 0.25) is 0 Å². The minimum atomic E-state index is 0. The molecule has 2 unspecified atom stereocenters. The molecule has 1 aliphatic carbocycles. The van der Waals surface area contributed by atoms with E-state index in [0.29, 0.717) is 32.4 Å². The van der Waals surface area contributed by atoms with Crippen LogP contribution in [0, 0.1) is 0 Å². The Balaban J connectivity index is 0.00000400. The molecule has 0 bridgehead atoms. The molecule has 1 saturated carbocycles. The molecule has 1 aliphatic rings. The Labute approximate surface area is 150 Å². The summed E-state index contributed by atoms with van der Waals surface area (Å²) < 4.78 is 10.3. The number of ether oxygens (including phenoxy) is 2. The highest BCUT2D eigenvalue weighted by Gasteiger charge is 2.24. The van der Waals surface area contributed by atoms with Gasteiger partial charge >= 0.3 is 0 Å². The minimum absolute atomic E-state index is 0. The van der Waals surface area contributed by atoms with Crippen LogP contribution in [-0.2, 0) is 9.47 Å². The maximum Gasteiger partial charge on any atom is 0.191 e. The van der Waals surface area contributed by atoms with E-state index in [2.05, 4.69) is 28.8 Å². The molecular formula is C14H30IN3O2S. The molecule has 0 aromatic carbocycles. The predicted octanol–water partition coefficient (Wildman–Crippen LogP) is 2.11. The van der Waals surface area contributed by atoms with E-state index in [1.807, 2.05) is 11.8 Å². The van der Waals surface area contributed by atoms with Gasteiger partial charge in [-0.15, -0.1) is 24.0 Å². The zero-order chi connectivity index (χ0) is 14.6. The zero-order valence-corrected chi connectivity index (χ0v) is 16.5. The van der Waals surface area contributed by atoms with Crippen molar-refractivity contribution >= 4 is 41.7 Å². The number of thioether (sulfide) groups is 1. The van der Waals surface area contributed by atoms with Gasteiger partial charge in [0.15, 0.2) is 5.96 Å². The van der Waals surface area contributed by atoms with Crippen LogP contribution in [0.15, 0.2) is 4.99 Å². The van der Waals surface area contributed by atoms with E-state index in [0.717, 1.165) is 17.8 Å². The summed E-state index contributed by atoms with van der Waals surface area (Å²) in [7, 11) is 1.68. The van der Waals surface area contributed by atoms with Gasteiger partial charge in [0, 0.05) is 24.9 Å². The Hall–Kier alpha value is 0.270. The SMILES string of the molecule is CCNC(=NCCOCCOC)NC1CCC(SC)C1.I. The van der Waals surface area contributed by atoms with Crippen LogP contribution < -0.4 is 10.6 Å². The van der Waals surface area contributed by atoms with Crippen molar-refractivity contribution in [3.8, 4) is 0 Å². The van der Waals surface area contributed by atoms with Crippen LogP contribution in [0.1, 0.15) is 26.2 Å². The average molecular weight is 431 g/mol. The van der Waals surface area contributed by atoms with E-state index in [1.54, 1.807) is 7.11 Å². The lowest BCUT2D eigenvalue weighted by Gasteiger charge is -2.17. The van der Waals surface area contributed by atoms with Crippen molar-refractivity contribution < 1.29 is 9.47 Å². The molecule has 7 heteroatoms. The third-order valence-corrected chi connectivity index (χ3v) is 4.44. The number of hydrogen-bond donors (Lipinski definition) is 2. The molecule has 2 N–H and O–H groups in total. The summed E-state index contributed by atoms with van der Waals surface area (Å²) in [4.78, 5) is 4.55. The van der Waals surface area contributed by atoms with Gasteiger partial charge in [-0.25, -0.2) is 0 Å². The molecule has 0 spiro atoms. The molecule has 0 radical (unpaired) electrons. The van der Waals surface area contributed by atoms with Gasteiger partial charge in [-0.3, -0.25) is 4.99 Å². The molecular weight excluding hydrogens is 401 g/mol. The van der Waals surface area contributed by atoms with Crippen molar-refractivity contribution in [3.63, 3.8) is 0 Å². The van der Waals surface area contributed by atoms with E-state index in [9.17, 15) is 0 Å². The first-order chi connectivity index (χ1) is 9.80. The lowest BCUT2D eigenvalue weighted by atomic mass is 10.2. The standard InChI is InChI=1S/C14H29N3O2S.HI/c1-4-15-14(16-7-8-19-10-9-18-2)17-12-5-6-13(11-12)20-3;/h12-13H,4-11H2,1-3H3,(H2,15,16,17);1H. The van der Waals surface area contributed by atoms with E-state index < -0.39 is 0 Å². The molecule has 2 atom stereocenters. The second-order valence-corrected chi connectivity index (χ2v) is 6.02. The van der Waals surface area contributed by atoms with Crippen molar-refractivity contribution in [3.05, 3.63) is 0 Å². The minimum Gasteiger partial charge on any atom is -0.382 e. The van der Waals surface area contributed by atoms with E-state index in [4.69, 9.17) is 9.47 Å². The van der Waals surface area contributed by atoms with Crippen LogP contribution in [0.3, 0.4) is 0 Å². The first kappa shape index (κ1) is 21.3. The molecule has 0 aromatic heterocycles. The number of aliphatic imine (C=N–C) groups is 1. The molecule has 0 aliphatic heterocycles. The Kier molecular flexibility index (Phi) is 14.1. The lowest BCUT2D eigenvalue weighted by Crippen LogP contribution is -2.42. The lowest BCUT2D eigenvalue weighted by molar-refractivity contribution is 0.0748. The number of guanidine groups is 1. The third kappa shape index (κ3) is 9.80. The maximum atomic E-state index is 5.42. The highest BCUT2D eigenvalue weighted by Crippen LogP contribution is 2.27. The molecule has 1 fully saturated rings. The highest BCUT2D eigenvalue weighted by atomic mass is 127. The summed E-state index contributed by atoms with van der Waals surface area (Å²) in [6.45, 7) is 5.56. The van der Waals surface area contributed by atoms with E-state index in [-0.39, 0.29) is 24.0 Å². The molecule has 21 heavy (non-hydrogen) atoms. The summed E-state index contributed by atoms with van der Waals surface area (Å²) in [5.74, 6) is 0.912. The fraction of sp³-hybridized carbons (Fsp3) is 0.929. The molecule has 1 rings (SSSR count). The van der Waals surface area contributed by atoms with Gasteiger partial charge in [0.1, 0.15) is 0 Å². The Morgan fingerprint density at radius 1 is 1.29 bits per heavy atom. The van der Waals surface area contributed by atoms with Crippen LogP contribution in [-0.4, -0.2) is 63.5 Å². The largest absolute Gasteiger partial charge is 0.382 e. The fourth-order valence-corrected chi connectivity index (χ4v) is 3.06. The van der Waals surface area contributed by atoms with E-state index in [1.165, 1.54) is 19.3 Å². The van der Waals surface area contributed by atoms with Crippen LogP contribution in [0.2, 0.25) is 0 Å². The molecule has 5 nitrogen and oxygen atoms in total. The fourth-order valence-electron chi connectivity index (χ4n) is 2.26. The highest BCUT2D eigenvalue weighted by molar-refractivity contribution is 14.0. The quantitative estimate of drug-likeness (QED) is 0.254. The second kappa shape index (κ2) is 13.9. The normalized spacial score (nSPS) is 22.0. The molecule has 0 saturated heterocycles. The van der Waals surface area contributed by atoms with Crippen molar-refractivity contribution in [2.75, 3.05) is 46.3 Å². The smallest absolute Gasteiger partial charge is 0.191 e. The number of nitrogens with one attached hydrogen (secondary N) is 2. The summed E-state index contributed by atoms with van der Waals surface area (Å²) in [6.07, 6.45) is 5.97. The first-order valence-corrected chi connectivity index (χ1v) is 8.73. The van der Waals surface area contributed by atoms with Crippen molar-refractivity contribution in [2.45, 2.75) is 37.5 Å². The first-order valence-electron chi connectivity index (χ1n) is 7.44. The van der Waals surface area contributed by atoms with Gasteiger partial charge in [-0.1, -0.05) is 0 Å². The van der Waals surface area contributed by atoms with E-state index >= 15 is 0 Å². The predicted molar refractivity (Wildman–Crippen MR) is 102 cm³/mol. The molecule has 126 valence electrons. The Morgan fingerprint density at radius 2 is 2.10 bits per heavy atom. The number of hydrogen-bond acceptors (Lipinski definition) is 4. The van der Waals surface area contributed by atoms with Crippen molar-refractivity contribution in [1.82, 2.24) is 10.6 Å². The zero-order valence-electron chi connectivity index (χ0n) is 13.4. The van der Waals surface area contributed by atoms with Crippen LogP contribution in [0.5, 0.6) is 0 Å². The Bertz CT molecular complexity index is 283. The number of nitrogens with zero attached hydrogens (tertiary/aromatic N) is 1. The Morgan fingerprint density at radius 3 is 2.71 bits per heavy atom. The van der Waals surface area contributed by atoms with Crippen LogP contribution >= 0.6 is 35.7 Å². The van der Waals surface area contributed by atoms with Gasteiger partial charge in [-0.05, 0) is 32.4 Å². The maximum absolute atomic E-state index is 5.42. The van der Waals surface area contributed by atoms with Crippen molar-refractivity contribution in [2.24, 2.45) is 4.99 Å². The van der Waals surface area contributed by atoms with Gasteiger partial charge in [0.25, 0.3) is 0 Å². The summed E-state index contributed by atoms with van der Waals surface area (Å²) in [5, 5.41) is 7.62. The molecule has 0 aromatic rings. The number of halogens is 1. The third-order valence-electron chi connectivity index (χ3n) is 3.34.